The third-order valence-electron chi connectivity index (χ3n) is 4.81. The van der Waals surface area contributed by atoms with Gasteiger partial charge in [0.25, 0.3) is 0 Å². The molecule has 0 radical (unpaired) electrons. The summed E-state index contributed by atoms with van der Waals surface area (Å²) >= 11 is 0. The maximum Gasteiger partial charge on any atom is 0.244 e. The van der Waals surface area contributed by atoms with E-state index in [1.165, 1.54) is 11.6 Å². The summed E-state index contributed by atoms with van der Waals surface area (Å²) in [4.78, 5) is 14.5. The molecule has 1 N–H and O–H groups in total. The van der Waals surface area contributed by atoms with E-state index in [-0.39, 0.29) is 12.0 Å². The third-order valence-corrected chi connectivity index (χ3v) is 4.81. The van der Waals surface area contributed by atoms with E-state index in [9.17, 15) is 4.79 Å². The first-order valence-corrected chi connectivity index (χ1v) is 9.73. The topological polar surface area (TPSA) is 60.0 Å². The summed E-state index contributed by atoms with van der Waals surface area (Å²) in [7, 11) is 3.18. The van der Waals surface area contributed by atoms with Crippen LogP contribution in [0.2, 0.25) is 0 Å². The van der Waals surface area contributed by atoms with Crippen molar-refractivity contribution in [3.05, 3.63) is 65.7 Å². The lowest BCUT2D eigenvalue weighted by atomic mass is 10.2. The summed E-state index contributed by atoms with van der Waals surface area (Å²) in [6.45, 7) is 3.76. The van der Waals surface area contributed by atoms with Gasteiger partial charge in [-0.05, 0) is 29.3 Å². The van der Waals surface area contributed by atoms with Crippen LogP contribution in [0.1, 0.15) is 11.1 Å². The van der Waals surface area contributed by atoms with Gasteiger partial charge in [-0.3, -0.25) is 9.69 Å². The summed E-state index contributed by atoms with van der Waals surface area (Å²) in [5.41, 5.74) is 2.15. The van der Waals surface area contributed by atoms with E-state index in [1.54, 1.807) is 20.3 Å². The number of hydrogen-bond acceptors (Lipinski definition) is 5. The van der Waals surface area contributed by atoms with Gasteiger partial charge in [-0.1, -0.05) is 36.4 Å². The summed E-state index contributed by atoms with van der Waals surface area (Å²) in [6.07, 6.45) is 3.26. The van der Waals surface area contributed by atoms with E-state index in [2.05, 4.69) is 34.5 Å². The molecular formula is C23H28N2O4. The largest absolute Gasteiger partial charge is 0.493 e. The molecule has 1 unspecified atom stereocenters. The predicted molar refractivity (Wildman–Crippen MR) is 113 cm³/mol. The van der Waals surface area contributed by atoms with Crippen molar-refractivity contribution in [2.24, 2.45) is 0 Å². The zero-order valence-corrected chi connectivity index (χ0v) is 17.0. The molecular weight excluding hydrogens is 368 g/mol. The Morgan fingerprint density at radius 1 is 1.17 bits per heavy atom. The lowest BCUT2D eigenvalue weighted by Gasteiger charge is -2.33. The number of rotatable bonds is 8. The molecule has 1 fully saturated rings. The maximum atomic E-state index is 12.2. The molecule has 6 nitrogen and oxygen atoms in total. The van der Waals surface area contributed by atoms with Gasteiger partial charge in [0.1, 0.15) is 0 Å². The van der Waals surface area contributed by atoms with E-state index >= 15 is 0 Å². The highest BCUT2D eigenvalue weighted by Crippen LogP contribution is 2.27. The van der Waals surface area contributed by atoms with Gasteiger partial charge in [0.2, 0.25) is 5.91 Å². The van der Waals surface area contributed by atoms with Crippen LogP contribution in [0, 0.1) is 0 Å². The Morgan fingerprint density at radius 2 is 1.97 bits per heavy atom. The van der Waals surface area contributed by atoms with Crippen molar-refractivity contribution in [3.63, 3.8) is 0 Å². The molecule has 0 spiro atoms. The van der Waals surface area contributed by atoms with Gasteiger partial charge in [-0.25, -0.2) is 0 Å². The van der Waals surface area contributed by atoms with Gasteiger partial charge in [-0.2, -0.15) is 0 Å². The first-order valence-electron chi connectivity index (χ1n) is 9.73. The number of methoxy groups -OCH3 is 2. The second-order valence-electron chi connectivity index (χ2n) is 6.91. The molecule has 2 aromatic rings. The molecule has 0 aromatic heterocycles. The monoisotopic (exact) mass is 396 g/mol. The van der Waals surface area contributed by atoms with Gasteiger partial charge in [0.05, 0.1) is 26.9 Å². The Labute approximate surface area is 172 Å². The van der Waals surface area contributed by atoms with E-state index < -0.39 is 0 Å². The molecule has 0 bridgehead atoms. The first kappa shape index (κ1) is 20.9. The predicted octanol–water partition coefficient (Wildman–Crippen LogP) is 2.73. The molecule has 3 rings (SSSR count). The summed E-state index contributed by atoms with van der Waals surface area (Å²) in [5.74, 6) is 1.14. The molecule has 0 saturated carbocycles. The van der Waals surface area contributed by atoms with Gasteiger partial charge in [-0.15, -0.1) is 0 Å². The van der Waals surface area contributed by atoms with Crippen LogP contribution in [0.4, 0.5) is 0 Å². The average Bonchev–Trinajstić information content (AvgIpc) is 2.77. The number of amides is 1. The number of morpholine rings is 1. The summed E-state index contributed by atoms with van der Waals surface area (Å²) in [6, 6.07) is 15.9. The lowest BCUT2D eigenvalue weighted by Crippen LogP contribution is -2.46. The van der Waals surface area contributed by atoms with Crippen LogP contribution in [0.15, 0.2) is 54.6 Å². The van der Waals surface area contributed by atoms with Crippen molar-refractivity contribution < 1.29 is 19.0 Å². The Morgan fingerprint density at radius 3 is 2.72 bits per heavy atom. The normalized spacial score (nSPS) is 17.2. The van der Waals surface area contributed by atoms with Crippen LogP contribution >= 0.6 is 0 Å². The molecule has 1 aliphatic rings. The van der Waals surface area contributed by atoms with Crippen LogP contribution in [-0.2, 0) is 16.1 Å². The quantitative estimate of drug-likeness (QED) is 0.696. The third kappa shape index (κ3) is 6.34. The minimum Gasteiger partial charge on any atom is -0.493 e. The second kappa shape index (κ2) is 10.6. The molecule has 6 heteroatoms. The molecule has 1 amide bonds. The van der Waals surface area contributed by atoms with Crippen LogP contribution in [0.3, 0.4) is 0 Å². The van der Waals surface area contributed by atoms with Crippen molar-refractivity contribution in [2.75, 3.05) is 40.5 Å². The number of carbonyl (C=O) groups is 1. The molecule has 1 aliphatic heterocycles. The number of carbonyl (C=O) groups excluding carboxylic acids is 1. The van der Waals surface area contributed by atoms with Crippen LogP contribution in [0.5, 0.6) is 11.5 Å². The fourth-order valence-electron chi connectivity index (χ4n) is 3.29. The lowest BCUT2D eigenvalue weighted by molar-refractivity contribution is -0.117. The number of ether oxygens (including phenoxy) is 3. The van der Waals surface area contributed by atoms with Gasteiger partial charge in [0, 0.05) is 32.3 Å². The van der Waals surface area contributed by atoms with Crippen molar-refractivity contribution in [1.29, 1.82) is 0 Å². The van der Waals surface area contributed by atoms with Crippen LogP contribution < -0.4 is 14.8 Å². The number of hydrogen-bond donors (Lipinski definition) is 1. The van der Waals surface area contributed by atoms with Crippen molar-refractivity contribution in [3.8, 4) is 11.5 Å². The van der Waals surface area contributed by atoms with Crippen LogP contribution in [-0.4, -0.2) is 57.4 Å². The highest BCUT2D eigenvalue weighted by Gasteiger charge is 2.20. The second-order valence-corrected chi connectivity index (χ2v) is 6.91. The van der Waals surface area contributed by atoms with Gasteiger partial charge >= 0.3 is 0 Å². The Kier molecular flexibility index (Phi) is 7.67. The van der Waals surface area contributed by atoms with Gasteiger partial charge < -0.3 is 19.5 Å². The molecule has 1 atom stereocenters. The maximum absolute atomic E-state index is 12.2. The van der Waals surface area contributed by atoms with Crippen LogP contribution in [0.25, 0.3) is 6.08 Å². The van der Waals surface area contributed by atoms with E-state index in [0.717, 1.165) is 25.2 Å². The fourth-order valence-corrected chi connectivity index (χ4v) is 3.29. The SMILES string of the molecule is COc1ccc(C=CC(=O)NCC2CN(Cc3ccccc3)CCO2)cc1OC. The minimum atomic E-state index is -0.149. The van der Waals surface area contributed by atoms with Crippen molar-refractivity contribution in [1.82, 2.24) is 10.2 Å². The summed E-state index contributed by atoms with van der Waals surface area (Å²) in [5, 5.41) is 2.92. The molecule has 154 valence electrons. The first-order chi connectivity index (χ1) is 14.2. The van der Waals surface area contributed by atoms with Crippen molar-refractivity contribution in [2.45, 2.75) is 12.6 Å². The Bertz CT molecular complexity index is 823. The molecule has 29 heavy (non-hydrogen) atoms. The highest BCUT2D eigenvalue weighted by molar-refractivity contribution is 5.91. The van der Waals surface area contributed by atoms with E-state index in [1.807, 2.05) is 24.3 Å². The smallest absolute Gasteiger partial charge is 0.244 e. The molecule has 1 saturated heterocycles. The number of benzene rings is 2. The van der Waals surface area contributed by atoms with E-state index in [4.69, 9.17) is 14.2 Å². The zero-order valence-electron chi connectivity index (χ0n) is 17.0. The Hall–Kier alpha value is -2.83. The minimum absolute atomic E-state index is 0.00843. The highest BCUT2D eigenvalue weighted by atomic mass is 16.5. The molecule has 1 heterocycles. The molecule has 0 aliphatic carbocycles. The van der Waals surface area contributed by atoms with Gasteiger partial charge in [0.15, 0.2) is 11.5 Å². The number of nitrogens with zero attached hydrogens (tertiary/aromatic N) is 1. The summed E-state index contributed by atoms with van der Waals surface area (Å²) < 4.78 is 16.3. The standard InChI is InChI=1S/C23H28N2O4/c1-27-21-10-8-18(14-22(21)28-2)9-11-23(26)24-15-20-17-25(12-13-29-20)16-19-6-4-3-5-7-19/h3-11,14,20H,12-13,15-17H2,1-2H3,(H,24,26). The van der Waals surface area contributed by atoms with Crippen molar-refractivity contribution >= 4 is 12.0 Å². The zero-order chi connectivity index (χ0) is 20.5. The Balaban J connectivity index is 1.47. The molecule has 2 aromatic carbocycles. The average molecular weight is 396 g/mol. The van der Waals surface area contributed by atoms with E-state index in [0.29, 0.717) is 24.7 Å². The fraction of sp³-hybridized carbons (Fsp3) is 0.348. The number of nitrogens with one attached hydrogen (secondary N) is 1.